The van der Waals surface area contributed by atoms with E-state index in [1.54, 1.807) is 0 Å². The lowest BCUT2D eigenvalue weighted by Gasteiger charge is -2.16. The number of sulfonamides is 1. The average molecular weight is 314 g/mol. The van der Waals surface area contributed by atoms with Gasteiger partial charge in [0.05, 0.1) is 0 Å². The number of carbonyl (C=O) groups is 1. The number of hydrogen-bond donors (Lipinski definition) is 2. The van der Waals surface area contributed by atoms with Crippen LogP contribution in [-0.4, -0.2) is 20.4 Å². The van der Waals surface area contributed by atoms with E-state index in [1.165, 1.54) is 18.9 Å². The van der Waals surface area contributed by atoms with E-state index in [0.29, 0.717) is 0 Å². The first-order chi connectivity index (χ1) is 9.88. The van der Waals surface area contributed by atoms with Gasteiger partial charge in [0, 0.05) is 11.6 Å². The molecule has 0 bridgehead atoms. The van der Waals surface area contributed by atoms with Gasteiger partial charge < -0.3 is 5.32 Å². The van der Waals surface area contributed by atoms with E-state index in [2.05, 4.69) is 5.32 Å². The van der Waals surface area contributed by atoms with Crippen LogP contribution in [-0.2, 0) is 10.0 Å². The number of primary sulfonamides is 1. The van der Waals surface area contributed by atoms with E-state index >= 15 is 0 Å². The molecule has 0 spiro atoms. The molecule has 21 heavy (non-hydrogen) atoms. The number of nitrogens with one attached hydrogen (secondary N) is 1. The molecule has 2 rings (SSSR count). The summed E-state index contributed by atoms with van der Waals surface area (Å²) in [6.07, 6.45) is 6.29. The summed E-state index contributed by atoms with van der Waals surface area (Å²) in [7, 11) is -4.18. The Labute approximate surface area is 123 Å². The number of rotatable bonds is 3. The van der Waals surface area contributed by atoms with Crippen molar-refractivity contribution in [3.8, 4) is 0 Å². The first-order valence-electron chi connectivity index (χ1n) is 7.01. The van der Waals surface area contributed by atoms with Crippen molar-refractivity contribution in [1.29, 1.82) is 0 Å². The van der Waals surface area contributed by atoms with Gasteiger partial charge in [-0.1, -0.05) is 25.7 Å². The molecule has 3 N–H and O–H groups in total. The van der Waals surface area contributed by atoms with Crippen molar-refractivity contribution < 1.29 is 17.6 Å². The second-order valence-corrected chi connectivity index (χ2v) is 6.88. The Morgan fingerprint density at radius 1 is 1.19 bits per heavy atom. The molecule has 1 aliphatic rings. The van der Waals surface area contributed by atoms with Gasteiger partial charge in [-0.15, -0.1) is 0 Å². The molecule has 1 saturated carbocycles. The number of benzene rings is 1. The highest BCUT2D eigenvalue weighted by Crippen LogP contribution is 2.19. The van der Waals surface area contributed by atoms with Crippen molar-refractivity contribution in [3.05, 3.63) is 29.6 Å². The minimum atomic E-state index is -4.18. The fraction of sp³-hybridized carbons (Fsp3) is 0.500. The van der Waals surface area contributed by atoms with Crippen LogP contribution in [0.2, 0.25) is 0 Å². The molecule has 7 heteroatoms. The third-order valence-corrected chi connectivity index (χ3v) is 4.62. The molecule has 0 heterocycles. The van der Waals surface area contributed by atoms with Gasteiger partial charge in [-0.05, 0) is 31.0 Å². The summed E-state index contributed by atoms with van der Waals surface area (Å²) in [6, 6.07) is 3.28. The first kappa shape index (κ1) is 15.9. The second-order valence-electron chi connectivity index (χ2n) is 5.35. The van der Waals surface area contributed by atoms with E-state index in [-0.39, 0.29) is 11.6 Å². The average Bonchev–Trinajstić information content (AvgIpc) is 2.66. The van der Waals surface area contributed by atoms with Gasteiger partial charge in [0.2, 0.25) is 10.0 Å². The van der Waals surface area contributed by atoms with Crippen LogP contribution in [0, 0.1) is 5.82 Å². The zero-order chi connectivity index (χ0) is 15.5. The van der Waals surface area contributed by atoms with Gasteiger partial charge in [-0.25, -0.2) is 17.9 Å². The molecule has 0 atom stereocenters. The lowest BCUT2D eigenvalue weighted by molar-refractivity contribution is 0.0933. The molecule has 1 aromatic carbocycles. The monoisotopic (exact) mass is 314 g/mol. The van der Waals surface area contributed by atoms with Crippen LogP contribution in [0.1, 0.15) is 48.9 Å². The van der Waals surface area contributed by atoms with Crippen molar-refractivity contribution in [2.45, 2.75) is 49.5 Å². The van der Waals surface area contributed by atoms with Crippen molar-refractivity contribution in [2.24, 2.45) is 5.14 Å². The third-order valence-electron chi connectivity index (χ3n) is 3.69. The van der Waals surface area contributed by atoms with Crippen LogP contribution in [0.25, 0.3) is 0 Å². The molecule has 0 saturated heterocycles. The maximum atomic E-state index is 13.5. The normalized spacial score (nSPS) is 17.2. The molecule has 1 fully saturated rings. The maximum absolute atomic E-state index is 13.5. The van der Waals surface area contributed by atoms with Gasteiger partial charge in [0.15, 0.2) is 0 Å². The van der Waals surface area contributed by atoms with E-state index in [1.807, 2.05) is 0 Å². The Bertz CT molecular complexity index is 623. The predicted molar refractivity (Wildman–Crippen MR) is 76.7 cm³/mol. The van der Waals surface area contributed by atoms with Crippen LogP contribution >= 0.6 is 0 Å². The zero-order valence-electron chi connectivity index (χ0n) is 11.6. The molecule has 1 aliphatic carbocycles. The van der Waals surface area contributed by atoms with Crippen LogP contribution < -0.4 is 10.5 Å². The highest BCUT2D eigenvalue weighted by molar-refractivity contribution is 7.89. The highest BCUT2D eigenvalue weighted by Gasteiger charge is 2.20. The SMILES string of the molecule is NS(=O)(=O)c1cc(C(=O)NC2CCCCCC2)ccc1F. The molecular formula is C14H19FN2O3S. The molecule has 0 unspecified atom stereocenters. The van der Waals surface area contributed by atoms with Crippen molar-refractivity contribution in [2.75, 3.05) is 0 Å². The summed E-state index contributed by atoms with van der Waals surface area (Å²) in [6.45, 7) is 0. The Morgan fingerprint density at radius 3 is 2.38 bits per heavy atom. The van der Waals surface area contributed by atoms with Crippen molar-refractivity contribution in [1.82, 2.24) is 5.32 Å². The van der Waals surface area contributed by atoms with Crippen LogP contribution in [0.5, 0.6) is 0 Å². The largest absolute Gasteiger partial charge is 0.349 e. The van der Waals surface area contributed by atoms with E-state index < -0.39 is 26.6 Å². The Hall–Kier alpha value is -1.47. The van der Waals surface area contributed by atoms with Gasteiger partial charge in [-0.3, -0.25) is 4.79 Å². The third kappa shape index (κ3) is 4.25. The smallest absolute Gasteiger partial charge is 0.251 e. The van der Waals surface area contributed by atoms with E-state index in [0.717, 1.165) is 37.8 Å². The number of amides is 1. The molecule has 116 valence electrons. The van der Waals surface area contributed by atoms with Crippen LogP contribution in [0.4, 0.5) is 4.39 Å². The zero-order valence-corrected chi connectivity index (χ0v) is 12.5. The van der Waals surface area contributed by atoms with E-state index in [4.69, 9.17) is 5.14 Å². The summed E-state index contributed by atoms with van der Waals surface area (Å²) < 4.78 is 36.0. The van der Waals surface area contributed by atoms with E-state index in [9.17, 15) is 17.6 Å². The van der Waals surface area contributed by atoms with Gasteiger partial charge in [0.25, 0.3) is 5.91 Å². The number of halogens is 1. The molecular weight excluding hydrogens is 295 g/mol. The fourth-order valence-electron chi connectivity index (χ4n) is 2.56. The molecule has 0 aromatic heterocycles. The predicted octanol–water partition coefficient (Wildman–Crippen LogP) is 1.93. The first-order valence-corrected chi connectivity index (χ1v) is 8.56. The molecule has 0 radical (unpaired) electrons. The summed E-state index contributed by atoms with van der Waals surface area (Å²) in [5.74, 6) is -1.35. The number of hydrogen-bond acceptors (Lipinski definition) is 3. The van der Waals surface area contributed by atoms with Gasteiger partial charge in [-0.2, -0.15) is 0 Å². The van der Waals surface area contributed by atoms with Crippen LogP contribution in [0.15, 0.2) is 23.1 Å². The standard InChI is InChI=1S/C14H19FN2O3S/c15-12-8-7-10(9-13(12)21(16,19)20)14(18)17-11-5-3-1-2-4-6-11/h7-9,11H,1-6H2,(H,17,18)(H2,16,19,20). The minimum Gasteiger partial charge on any atom is -0.349 e. The topological polar surface area (TPSA) is 89.3 Å². The van der Waals surface area contributed by atoms with Crippen molar-refractivity contribution >= 4 is 15.9 Å². The fourth-order valence-corrected chi connectivity index (χ4v) is 3.19. The summed E-state index contributed by atoms with van der Waals surface area (Å²) in [4.78, 5) is 11.5. The number of carbonyl (C=O) groups excluding carboxylic acids is 1. The van der Waals surface area contributed by atoms with Gasteiger partial charge >= 0.3 is 0 Å². The molecule has 5 nitrogen and oxygen atoms in total. The lowest BCUT2D eigenvalue weighted by Crippen LogP contribution is -2.34. The molecule has 1 aromatic rings. The molecule has 0 aliphatic heterocycles. The second kappa shape index (κ2) is 6.53. The summed E-state index contributed by atoms with van der Waals surface area (Å²) >= 11 is 0. The van der Waals surface area contributed by atoms with Crippen LogP contribution in [0.3, 0.4) is 0 Å². The highest BCUT2D eigenvalue weighted by atomic mass is 32.2. The summed E-state index contributed by atoms with van der Waals surface area (Å²) in [5.41, 5.74) is 0.102. The quantitative estimate of drug-likeness (QED) is 0.835. The Balaban J connectivity index is 2.16. The summed E-state index contributed by atoms with van der Waals surface area (Å²) in [5, 5.41) is 7.81. The molecule has 1 amide bonds. The Morgan fingerprint density at radius 2 is 1.81 bits per heavy atom. The lowest BCUT2D eigenvalue weighted by atomic mass is 10.1. The Kier molecular flexibility index (Phi) is 4.95. The van der Waals surface area contributed by atoms with Crippen molar-refractivity contribution in [3.63, 3.8) is 0 Å². The maximum Gasteiger partial charge on any atom is 0.251 e. The van der Waals surface area contributed by atoms with Gasteiger partial charge in [0.1, 0.15) is 10.7 Å². The number of nitrogens with two attached hydrogens (primary N) is 1. The minimum absolute atomic E-state index is 0.0861.